The Labute approximate surface area is 200 Å². The van der Waals surface area contributed by atoms with E-state index in [1.54, 1.807) is 10.4 Å². The summed E-state index contributed by atoms with van der Waals surface area (Å²) in [5.41, 5.74) is 4.68. The minimum Gasteiger partial charge on any atom is -0.361 e. The van der Waals surface area contributed by atoms with E-state index in [-0.39, 0.29) is 12.4 Å². The first-order valence-corrected chi connectivity index (χ1v) is 12.6. The molecule has 0 saturated carbocycles. The van der Waals surface area contributed by atoms with E-state index in [2.05, 4.69) is 40.2 Å². The molecule has 2 aliphatic heterocycles. The third kappa shape index (κ3) is 3.72. The molecule has 33 heavy (non-hydrogen) atoms. The van der Waals surface area contributed by atoms with Gasteiger partial charge in [-0.2, -0.15) is 0 Å². The second kappa shape index (κ2) is 8.52. The first-order chi connectivity index (χ1) is 15.6. The van der Waals surface area contributed by atoms with Crippen LogP contribution in [0.1, 0.15) is 18.4 Å². The summed E-state index contributed by atoms with van der Waals surface area (Å²) in [7, 11) is -3.46. The number of halogens is 1. The fourth-order valence-corrected chi connectivity index (χ4v) is 6.82. The van der Waals surface area contributed by atoms with Crippen LogP contribution in [0.3, 0.4) is 0 Å². The fourth-order valence-electron chi connectivity index (χ4n) is 5.07. The van der Waals surface area contributed by atoms with Crippen molar-refractivity contribution < 1.29 is 8.42 Å². The van der Waals surface area contributed by atoms with E-state index in [4.69, 9.17) is 0 Å². The molecule has 2 aliphatic rings. The highest BCUT2D eigenvalue weighted by Crippen LogP contribution is 2.41. The lowest BCUT2D eigenvalue weighted by Crippen LogP contribution is -2.34. The molecule has 4 aromatic rings. The Morgan fingerprint density at radius 3 is 2.61 bits per heavy atom. The van der Waals surface area contributed by atoms with Gasteiger partial charge in [0.15, 0.2) is 0 Å². The minimum atomic E-state index is -3.46. The van der Waals surface area contributed by atoms with Crippen LogP contribution in [0.4, 0.5) is 5.69 Å². The average molecular weight is 480 g/mol. The maximum Gasteiger partial charge on any atom is 0.265 e. The molecule has 0 fully saturated rings. The molecule has 1 aromatic heterocycles. The third-order valence-corrected chi connectivity index (χ3v) is 8.59. The smallest absolute Gasteiger partial charge is 0.265 e. The van der Waals surface area contributed by atoms with Crippen LogP contribution in [0.2, 0.25) is 0 Å². The number of anilines is 1. The molecule has 3 heterocycles. The van der Waals surface area contributed by atoms with Gasteiger partial charge in [0.25, 0.3) is 10.0 Å². The molecule has 0 spiro atoms. The van der Waals surface area contributed by atoms with Gasteiger partial charge in [-0.3, -0.25) is 9.21 Å². The molecule has 0 aliphatic carbocycles. The molecule has 3 aromatic carbocycles. The zero-order valence-corrected chi connectivity index (χ0v) is 19.8. The first kappa shape index (κ1) is 22.0. The van der Waals surface area contributed by atoms with Crippen molar-refractivity contribution in [1.29, 1.82) is 0 Å². The molecular formula is C26H26ClN3O2S. The summed E-state index contributed by atoms with van der Waals surface area (Å²) in [6, 6.07) is 20.1. The Balaban J connectivity index is 0.00000228. The van der Waals surface area contributed by atoms with E-state index in [0.717, 1.165) is 48.9 Å². The number of sulfonamides is 1. The summed E-state index contributed by atoms with van der Waals surface area (Å²) in [6.07, 6.45) is 6.12. The van der Waals surface area contributed by atoms with Gasteiger partial charge >= 0.3 is 0 Å². The number of hydrogen-bond acceptors (Lipinski definition) is 3. The molecule has 170 valence electrons. The predicted molar refractivity (Wildman–Crippen MR) is 138 cm³/mol. The maximum absolute atomic E-state index is 13.1. The molecule has 0 atom stereocenters. The van der Waals surface area contributed by atoms with Gasteiger partial charge in [-0.25, -0.2) is 8.42 Å². The molecule has 6 rings (SSSR count). The highest BCUT2D eigenvalue weighted by molar-refractivity contribution is 7.93. The quantitative estimate of drug-likeness (QED) is 0.415. The van der Waals surface area contributed by atoms with Crippen molar-refractivity contribution in [2.24, 2.45) is 0 Å². The van der Waals surface area contributed by atoms with Crippen LogP contribution in [0.25, 0.3) is 27.2 Å². The predicted octanol–water partition coefficient (Wildman–Crippen LogP) is 5.43. The largest absolute Gasteiger partial charge is 0.361 e. The Morgan fingerprint density at radius 2 is 1.79 bits per heavy atom. The molecule has 0 saturated heterocycles. The van der Waals surface area contributed by atoms with Crippen molar-refractivity contribution in [3.8, 4) is 0 Å². The summed E-state index contributed by atoms with van der Waals surface area (Å²) >= 11 is 0. The van der Waals surface area contributed by atoms with E-state index >= 15 is 0 Å². The SMILES string of the molecule is Cl.O=S1(=O)c2cccc3cccc(c23)N1CCCN1CC=C(c2ccc3[nH]ccc3c2)CC1. The number of H-pyrrole nitrogens is 1. The van der Waals surface area contributed by atoms with Gasteiger partial charge in [0, 0.05) is 43.3 Å². The molecular weight excluding hydrogens is 454 g/mol. The van der Waals surface area contributed by atoms with E-state index in [0.29, 0.717) is 11.4 Å². The molecule has 0 bridgehead atoms. The standard InChI is InChI=1S/C26H25N3O2S.ClH/c30-32(31)25-7-2-5-20-4-1-6-24(26(20)25)29(32)15-3-14-28-16-11-19(12-17-28)21-8-9-23-22(18-21)10-13-27-23;/h1-2,4-11,13,18,27H,3,12,14-17H2;1H. The van der Waals surface area contributed by atoms with Gasteiger partial charge in [0.1, 0.15) is 0 Å². The lowest BCUT2D eigenvalue weighted by atomic mass is 9.98. The normalized spacial score (nSPS) is 17.3. The Kier molecular flexibility index (Phi) is 5.69. The number of rotatable bonds is 5. The van der Waals surface area contributed by atoms with Crippen molar-refractivity contribution in [3.05, 3.63) is 78.5 Å². The second-order valence-corrected chi connectivity index (χ2v) is 10.5. The lowest BCUT2D eigenvalue weighted by molar-refractivity contribution is 0.300. The number of benzene rings is 3. The fraction of sp³-hybridized carbons (Fsp3) is 0.231. The zero-order chi connectivity index (χ0) is 21.7. The third-order valence-electron chi connectivity index (χ3n) is 6.73. The zero-order valence-electron chi connectivity index (χ0n) is 18.2. The van der Waals surface area contributed by atoms with Crippen LogP contribution in [-0.2, 0) is 10.0 Å². The molecule has 5 nitrogen and oxygen atoms in total. The Morgan fingerprint density at radius 1 is 0.939 bits per heavy atom. The molecule has 0 radical (unpaired) electrons. The Hall–Kier alpha value is -2.80. The number of nitrogens with one attached hydrogen (secondary N) is 1. The monoisotopic (exact) mass is 479 g/mol. The summed E-state index contributed by atoms with van der Waals surface area (Å²) in [5, 5.41) is 3.09. The minimum absolute atomic E-state index is 0. The van der Waals surface area contributed by atoms with Crippen LogP contribution in [-0.4, -0.2) is 44.5 Å². The topological polar surface area (TPSA) is 56.4 Å². The van der Waals surface area contributed by atoms with Crippen molar-refractivity contribution in [2.45, 2.75) is 17.7 Å². The van der Waals surface area contributed by atoms with Crippen molar-refractivity contribution >= 4 is 55.4 Å². The summed E-state index contributed by atoms with van der Waals surface area (Å²) < 4.78 is 27.8. The van der Waals surface area contributed by atoms with Gasteiger partial charge in [-0.05, 0) is 65.1 Å². The second-order valence-electron chi connectivity index (χ2n) is 8.62. The Bertz CT molecular complexity index is 1470. The number of nitrogens with zero attached hydrogens (tertiary/aromatic N) is 2. The average Bonchev–Trinajstić information content (AvgIpc) is 3.37. The van der Waals surface area contributed by atoms with Crippen LogP contribution >= 0.6 is 12.4 Å². The molecule has 1 N–H and O–H groups in total. The van der Waals surface area contributed by atoms with Crippen LogP contribution in [0.5, 0.6) is 0 Å². The van der Waals surface area contributed by atoms with E-state index in [1.165, 1.54) is 22.0 Å². The van der Waals surface area contributed by atoms with Crippen molar-refractivity contribution in [3.63, 3.8) is 0 Å². The number of hydrogen-bond donors (Lipinski definition) is 1. The van der Waals surface area contributed by atoms with Crippen LogP contribution < -0.4 is 4.31 Å². The summed E-state index contributed by atoms with van der Waals surface area (Å²) in [5.74, 6) is 0. The summed E-state index contributed by atoms with van der Waals surface area (Å²) in [6.45, 7) is 3.30. The van der Waals surface area contributed by atoms with Crippen molar-refractivity contribution in [2.75, 3.05) is 30.5 Å². The van der Waals surface area contributed by atoms with Crippen LogP contribution in [0, 0.1) is 0 Å². The van der Waals surface area contributed by atoms with Crippen molar-refractivity contribution in [1.82, 2.24) is 9.88 Å². The highest BCUT2D eigenvalue weighted by atomic mass is 35.5. The molecule has 0 amide bonds. The number of aromatic amines is 1. The van der Waals surface area contributed by atoms with E-state index in [1.807, 2.05) is 36.5 Å². The molecule has 0 unspecified atom stereocenters. The van der Waals surface area contributed by atoms with Gasteiger partial charge in [0.2, 0.25) is 0 Å². The molecule has 7 heteroatoms. The van der Waals surface area contributed by atoms with Gasteiger partial charge in [0.05, 0.1) is 10.6 Å². The lowest BCUT2D eigenvalue weighted by Gasteiger charge is -2.27. The summed E-state index contributed by atoms with van der Waals surface area (Å²) in [4.78, 5) is 6.10. The van der Waals surface area contributed by atoms with Crippen LogP contribution in [0.15, 0.2) is 77.8 Å². The van der Waals surface area contributed by atoms with Gasteiger partial charge < -0.3 is 4.98 Å². The van der Waals surface area contributed by atoms with Gasteiger partial charge in [-0.15, -0.1) is 12.4 Å². The maximum atomic E-state index is 13.1. The number of aromatic nitrogens is 1. The van der Waals surface area contributed by atoms with E-state index in [9.17, 15) is 8.42 Å². The first-order valence-electron chi connectivity index (χ1n) is 11.1. The van der Waals surface area contributed by atoms with E-state index < -0.39 is 10.0 Å². The van der Waals surface area contributed by atoms with Gasteiger partial charge in [-0.1, -0.05) is 36.4 Å². The highest BCUT2D eigenvalue weighted by Gasteiger charge is 2.35. The number of fused-ring (bicyclic) bond motifs is 1.